The zero-order chi connectivity index (χ0) is 26.1. The van der Waals surface area contributed by atoms with Crippen LogP contribution in [0.4, 0.5) is 24.5 Å². The number of halogens is 5. The molecule has 0 spiro atoms. The van der Waals surface area contributed by atoms with Crippen molar-refractivity contribution < 1.29 is 33.1 Å². The zero-order valence-electron chi connectivity index (χ0n) is 17.1. The van der Waals surface area contributed by atoms with Gasteiger partial charge in [-0.3, -0.25) is 14.9 Å². The average molecular weight is 526 g/mol. The van der Waals surface area contributed by atoms with Gasteiger partial charge in [0.15, 0.2) is 5.75 Å². The lowest BCUT2D eigenvalue weighted by Gasteiger charge is -2.19. The number of carbonyl (C=O) groups is 1. The maximum atomic E-state index is 13.9. The molecule has 0 aliphatic rings. The summed E-state index contributed by atoms with van der Waals surface area (Å²) in [6, 6.07) is 10.7. The Morgan fingerprint density at radius 3 is 2.26 bits per heavy atom. The summed E-state index contributed by atoms with van der Waals surface area (Å²) < 4.78 is 41.6. The molecule has 8 nitrogen and oxygen atoms in total. The number of anilines is 1. The maximum Gasteiger partial charge on any atom is 0.416 e. The minimum Gasteiger partial charge on any atom is -0.505 e. The summed E-state index contributed by atoms with van der Waals surface area (Å²) in [6.07, 6.45) is -4.93. The summed E-state index contributed by atoms with van der Waals surface area (Å²) in [5, 5.41) is 42.4. The van der Waals surface area contributed by atoms with Crippen LogP contribution < -0.4 is 5.32 Å². The third-order valence-electron chi connectivity index (χ3n) is 4.89. The van der Waals surface area contributed by atoms with E-state index in [4.69, 9.17) is 23.2 Å². The second-order valence-corrected chi connectivity index (χ2v) is 7.92. The Kier molecular flexibility index (Phi) is 7.09. The molecule has 3 aromatic rings. The van der Waals surface area contributed by atoms with Crippen LogP contribution in [-0.2, 0) is 6.18 Å². The smallest absolute Gasteiger partial charge is 0.416 e. The second kappa shape index (κ2) is 9.69. The summed E-state index contributed by atoms with van der Waals surface area (Å²) in [4.78, 5) is 22.6. The first-order chi connectivity index (χ1) is 16.3. The van der Waals surface area contributed by atoms with Crippen LogP contribution in [0.25, 0.3) is 0 Å². The number of phenols is 2. The van der Waals surface area contributed by atoms with Gasteiger partial charge in [0.25, 0.3) is 5.91 Å². The molecule has 3 rings (SSSR count). The molecule has 3 aromatic carbocycles. The predicted molar refractivity (Wildman–Crippen MR) is 120 cm³/mol. The maximum absolute atomic E-state index is 13.9. The van der Waals surface area contributed by atoms with E-state index in [2.05, 4.69) is 0 Å². The number of alkyl halides is 3. The molecule has 1 amide bonds. The average Bonchev–Trinajstić information content (AvgIpc) is 2.78. The van der Waals surface area contributed by atoms with Gasteiger partial charge in [-0.15, -0.1) is 0 Å². The number of nitro groups is 1. The van der Waals surface area contributed by atoms with Crippen molar-refractivity contribution in [3.05, 3.63) is 90.9 Å². The summed E-state index contributed by atoms with van der Waals surface area (Å²) in [7, 11) is 0. The number of rotatable bonds is 5. The molecular formula is C22H12Cl2F3N3O5. The van der Waals surface area contributed by atoms with E-state index in [1.54, 1.807) is 0 Å². The van der Waals surface area contributed by atoms with Gasteiger partial charge in [0.1, 0.15) is 5.56 Å². The molecule has 3 N–H and O–H groups in total. The van der Waals surface area contributed by atoms with Crippen molar-refractivity contribution in [3.8, 4) is 17.6 Å². The van der Waals surface area contributed by atoms with Crippen LogP contribution in [-0.4, -0.2) is 21.0 Å². The number of nitrogens with zero attached hydrogens (tertiary/aromatic N) is 2. The van der Waals surface area contributed by atoms with E-state index in [0.717, 1.165) is 12.1 Å². The van der Waals surface area contributed by atoms with Gasteiger partial charge in [-0.1, -0.05) is 41.4 Å². The largest absolute Gasteiger partial charge is 0.505 e. The van der Waals surface area contributed by atoms with Crippen LogP contribution in [0, 0.1) is 21.4 Å². The van der Waals surface area contributed by atoms with Crippen molar-refractivity contribution in [2.24, 2.45) is 0 Å². The van der Waals surface area contributed by atoms with Crippen molar-refractivity contribution in [1.82, 2.24) is 0 Å². The molecule has 0 radical (unpaired) electrons. The van der Waals surface area contributed by atoms with Crippen LogP contribution >= 0.6 is 23.2 Å². The highest BCUT2D eigenvalue weighted by molar-refractivity contribution is 6.33. The highest BCUT2D eigenvalue weighted by atomic mass is 35.5. The van der Waals surface area contributed by atoms with Gasteiger partial charge < -0.3 is 15.5 Å². The van der Waals surface area contributed by atoms with Gasteiger partial charge in [-0.05, 0) is 35.4 Å². The van der Waals surface area contributed by atoms with Crippen LogP contribution in [0.15, 0.2) is 48.5 Å². The number of nitriles is 1. The Morgan fingerprint density at radius 1 is 1.09 bits per heavy atom. The van der Waals surface area contributed by atoms with Gasteiger partial charge in [0.2, 0.25) is 5.75 Å². The third-order valence-corrected chi connectivity index (χ3v) is 5.43. The van der Waals surface area contributed by atoms with E-state index in [9.17, 15) is 43.6 Å². The number of hydrogen-bond acceptors (Lipinski definition) is 6. The molecule has 0 bridgehead atoms. The van der Waals surface area contributed by atoms with Crippen molar-refractivity contribution in [1.29, 1.82) is 5.26 Å². The standard InChI is InChI=1S/C22H12Cl2F3N3O5/c23-11-3-1-10(2-4-11)14(9-28)13-6-5-12(7-15(13)22(25,26)27)29-21(33)18-19(31)16(24)8-17(20(18)32)30(34)35/h1-8,14,31-32H,(H,29,33). The molecule has 35 heavy (non-hydrogen) atoms. The fraction of sp³-hybridized carbons (Fsp3) is 0.0909. The number of nitro benzene ring substituents is 1. The molecule has 0 aliphatic heterocycles. The van der Waals surface area contributed by atoms with Crippen molar-refractivity contribution in [2.75, 3.05) is 5.32 Å². The second-order valence-electron chi connectivity index (χ2n) is 7.07. The lowest BCUT2D eigenvalue weighted by atomic mass is 9.88. The van der Waals surface area contributed by atoms with Crippen LogP contribution in [0.1, 0.15) is 33.0 Å². The van der Waals surface area contributed by atoms with Crippen molar-refractivity contribution in [2.45, 2.75) is 12.1 Å². The Balaban J connectivity index is 2.06. The monoisotopic (exact) mass is 525 g/mol. The quantitative estimate of drug-likeness (QED) is 0.266. The summed E-state index contributed by atoms with van der Waals surface area (Å²) >= 11 is 11.5. The number of carbonyl (C=O) groups excluding carboxylic acids is 1. The number of phenolic OH excluding ortho intramolecular Hbond substituents is 2. The first-order valence-corrected chi connectivity index (χ1v) is 10.2. The molecule has 180 valence electrons. The van der Waals surface area contributed by atoms with Crippen molar-refractivity contribution >= 4 is 40.5 Å². The molecule has 13 heteroatoms. The number of hydrogen-bond donors (Lipinski definition) is 3. The fourth-order valence-corrected chi connectivity index (χ4v) is 3.60. The molecule has 0 fully saturated rings. The Bertz CT molecular complexity index is 1370. The number of benzene rings is 3. The Hall–Kier alpha value is -4.01. The number of aromatic hydroxyl groups is 2. The highest BCUT2D eigenvalue weighted by Crippen LogP contribution is 2.42. The lowest BCUT2D eigenvalue weighted by molar-refractivity contribution is -0.385. The van der Waals surface area contributed by atoms with Gasteiger partial charge >= 0.3 is 11.9 Å². The molecule has 0 aromatic heterocycles. The van der Waals surface area contributed by atoms with Gasteiger partial charge in [0, 0.05) is 16.8 Å². The molecule has 1 atom stereocenters. The molecule has 0 aliphatic carbocycles. The Labute approximate surface area is 204 Å². The molecular weight excluding hydrogens is 514 g/mol. The van der Waals surface area contributed by atoms with Crippen LogP contribution in [0.3, 0.4) is 0 Å². The van der Waals surface area contributed by atoms with Gasteiger partial charge in [-0.25, -0.2) is 0 Å². The zero-order valence-corrected chi connectivity index (χ0v) is 18.6. The van der Waals surface area contributed by atoms with Crippen molar-refractivity contribution in [3.63, 3.8) is 0 Å². The first kappa shape index (κ1) is 25.6. The molecule has 0 heterocycles. The van der Waals surface area contributed by atoms with E-state index in [0.29, 0.717) is 17.2 Å². The Morgan fingerprint density at radius 2 is 1.71 bits per heavy atom. The minimum atomic E-state index is -4.93. The summed E-state index contributed by atoms with van der Waals surface area (Å²) in [5.41, 5.74) is -3.81. The lowest BCUT2D eigenvalue weighted by Crippen LogP contribution is -2.16. The van der Waals surface area contributed by atoms with Crippen LogP contribution in [0.2, 0.25) is 10.0 Å². The van der Waals surface area contributed by atoms with E-state index in [1.807, 2.05) is 11.4 Å². The number of nitrogens with one attached hydrogen (secondary N) is 1. The highest BCUT2D eigenvalue weighted by Gasteiger charge is 2.36. The van der Waals surface area contributed by atoms with Gasteiger partial charge in [-0.2, -0.15) is 18.4 Å². The molecule has 0 saturated carbocycles. The van der Waals surface area contributed by atoms with E-state index in [-0.39, 0.29) is 5.56 Å². The predicted octanol–water partition coefficient (Wildman–Crippen LogP) is 6.24. The first-order valence-electron chi connectivity index (χ1n) is 9.41. The van der Waals surface area contributed by atoms with E-state index >= 15 is 0 Å². The molecule has 0 saturated heterocycles. The number of amides is 1. The topological polar surface area (TPSA) is 136 Å². The van der Waals surface area contributed by atoms with E-state index in [1.165, 1.54) is 24.3 Å². The summed E-state index contributed by atoms with van der Waals surface area (Å²) in [5.74, 6) is -4.92. The third kappa shape index (κ3) is 5.24. The minimum absolute atomic E-state index is 0.250. The fourth-order valence-electron chi connectivity index (χ4n) is 3.27. The summed E-state index contributed by atoms with van der Waals surface area (Å²) in [6.45, 7) is 0. The van der Waals surface area contributed by atoms with Crippen LogP contribution in [0.5, 0.6) is 11.5 Å². The molecule has 1 unspecified atom stereocenters. The van der Waals surface area contributed by atoms with Gasteiger partial charge in [0.05, 0.1) is 27.5 Å². The SMILES string of the molecule is N#CC(c1ccc(Cl)cc1)c1ccc(NC(=O)c2c(O)c(Cl)cc([N+](=O)[O-])c2O)cc1C(F)(F)F. The normalized spacial score (nSPS) is 12.0. The van der Waals surface area contributed by atoms with E-state index < -0.39 is 67.5 Å².